The third-order valence-corrected chi connectivity index (χ3v) is 8.17. The number of thioether (sulfide) groups is 1. The Morgan fingerprint density at radius 2 is 1.97 bits per heavy atom. The second-order valence-corrected chi connectivity index (χ2v) is 10.0. The molecule has 0 bridgehead atoms. The molecule has 1 aliphatic carbocycles. The van der Waals surface area contributed by atoms with E-state index >= 15 is 0 Å². The van der Waals surface area contributed by atoms with Gasteiger partial charge in [-0.15, -0.1) is 11.3 Å². The minimum atomic E-state index is 0.0537. The lowest BCUT2D eigenvalue weighted by Crippen LogP contribution is -2.23. The number of aryl methyl sites for hydroxylation is 3. The summed E-state index contributed by atoms with van der Waals surface area (Å²) in [5, 5.41) is 1.47. The molecule has 7 heteroatoms. The van der Waals surface area contributed by atoms with Crippen molar-refractivity contribution in [3.8, 4) is 0 Å². The van der Waals surface area contributed by atoms with Gasteiger partial charge in [0.05, 0.1) is 11.1 Å². The Kier molecular flexibility index (Phi) is 6.21. The molecule has 0 saturated carbocycles. The van der Waals surface area contributed by atoms with Crippen LogP contribution < -0.4 is 5.56 Å². The number of carbonyl (C=O) groups excluding carboxylic acids is 1. The van der Waals surface area contributed by atoms with Crippen molar-refractivity contribution in [2.75, 3.05) is 5.75 Å². The number of hydrogen-bond acceptors (Lipinski definition) is 5. The zero-order valence-corrected chi connectivity index (χ0v) is 19.8. The fourth-order valence-electron chi connectivity index (χ4n) is 4.47. The lowest BCUT2D eigenvalue weighted by Gasteiger charge is -2.12. The van der Waals surface area contributed by atoms with Gasteiger partial charge in [-0.3, -0.25) is 14.2 Å². The number of hydrogen-bond donors (Lipinski definition) is 0. The van der Waals surface area contributed by atoms with Crippen LogP contribution in [0.5, 0.6) is 0 Å². The lowest BCUT2D eigenvalue weighted by molar-refractivity contribution is 0.102. The van der Waals surface area contributed by atoms with E-state index < -0.39 is 0 Å². The fraction of sp³-hybridized carbons (Fsp3) is 0.522. The van der Waals surface area contributed by atoms with Crippen LogP contribution in [0.3, 0.4) is 0 Å². The van der Waals surface area contributed by atoms with Crippen LogP contribution >= 0.6 is 23.1 Å². The Morgan fingerprint density at radius 1 is 1.20 bits per heavy atom. The molecule has 5 nitrogen and oxygen atoms in total. The maximum atomic E-state index is 13.2. The SMILES string of the molecule is CCCn1c(C)cc(C(=O)CSc2nc3sc4c(c3c(=O)n2CC)CCCC4)c1C. The van der Waals surface area contributed by atoms with E-state index in [0.717, 1.165) is 59.4 Å². The molecule has 3 heterocycles. The molecular weight excluding hydrogens is 414 g/mol. The topological polar surface area (TPSA) is 56.9 Å². The van der Waals surface area contributed by atoms with Crippen molar-refractivity contribution >= 4 is 39.1 Å². The molecule has 30 heavy (non-hydrogen) atoms. The number of nitrogens with zero attached hydrogens (tertiary/aromatic N) is 3. The van der Waals surface area contributed by atoms with Gasteiger partial charge in [-0.2, -0.15) is 0 Å². The molecule has 4 rings (SSSR count). The summed E-state index contributed by atoms with van der Waals surface area (Å²) in [5.74, 6) is 0.386. The van der Waals surface area contributed by atoms with Gasteiger partial charge in [-0.1, -0.05) is 18.7 Å². The molecule has 0 aromatic carbocycles. The van der Waals surface area contributed by atoms with Crippen molar-refractivity contribution in [2.45, 2.75) is 78.0 Å². The van der Waals surface area contributed by atoms with Gasteiger partial charge in [0.2, 0.25) is 0 Å². The van der Waals surface area contributed by atoms with E-state index in [-0.39, 0.29) is 11.3 Å². The maximum Gasteiger partial charge on any atom is 0.263 e. The average Bonchev–Trinajstić information content (AvgIpc) is 3.24. The van der Waals surface area contributed by atoms with Crippen LogP contribution in [0.1, 0.15) is 65.3 Å². The molecule has 3 aromatic rings. The zero-order chi connectivity index (χ0) is 21.4. The third-order valence-electron chi connectivity index (χ3n) is 6.01. The van der Waals surface area contributed by atoms with Crippen molar-refractivity contribution in [2.24, 2.45) is 0 Å². The normalized spacial score (nSPS) is 13.7. The second-order valence-electron chi connectivity index (χ2n) is 7.98. The lowest BCUT2D eigenvalue weighted by atomic mass is 9.97. The van der Waals surface area contributed by atoms with Crippen molar-refractivity contribution in [3.63, 3.8) is 0 Å². The second kappa shape index (κ2) is 8.71. The largest absolute Gasteiger partial charge is 0.348 e. The summed E-state index contributed by atoms with van der Waals surface area (Å²) >= 11 is 3.05. The summed E-state index contributed by atoms with van der Waals surface area (Å²) in [6.07, 6.45) is 5.40. The molecule has 1 aliphatic rings. The van der Waals surface area contributed by atoms with Crippen LogP contribution in [0.2, 0.25) is 0 Å². The summed E-state index contributed by atoms with van der Waals surface area (Å²) in [7, 11) is 0. The van der Waals surface area contributed by atoms with Gasteiger partial charge >= 0.3 is 0 Å². The van der Waals surface area contributed by atoms with Gasteiger partial charge in [-0.05, 0) is 64.5 Å². The summed E-state index contributed by atoms with van der Waals surface area (Å²) in [5.41, 5.74) is 4.21. The molecule has 0 saturated heterocycles. The number of thiophene rings is 1. The van der Waals surface area contributed by atoms with Crippen LogP contribution in [-0.2, 0) is 25.9 Å². The van der Waals surface area contributed by atoms with E-state index in [9.17, 15) is 9.59 Å². The molecule has 0 N–H and O–H groups in total. The van der Waals surface area contributed by atoms with Gasteiger partial charge < -0.3 is 4.57 Å². The summed E-state index contributed by atoms with van der Waals surface area (Å²) < 4.78 is 3.95. The van der Waals surface area contributed by atoms with Gasteiger partial charge in [0.1, 0.15) is 4.83 Å². The molecule has 0 fully saturated rings. The monoisotopic (exact) mass is 443 g/mol. The number of ketones is 1. The first-order valence-corrected chi connectivity index (χ1v) is 12.6. The first-order chi connectivity index (χ1) is 14.5. The van der Waals surface area contributed by atoms with Crippen LogP contribution in [0.15, 0.2) is 16.0 Å². The first-order valence-electron chi connectivity index (χ1n) is 10.8. The van der Waals surface area contributed by atoms with E-state index in [2.05, 4.69) is 18.4 Å². The Hall–Kier alpha value is -1.86. The predicted molar refractivity (Wildman–Crippen MR) is 125 cm³/mol. The Labute approximate surface area is 185 Å². The Morgan fingerprint density at radius 3 is 2.70 bits per heavy atom. The highest BCUT2D eigenvalue weighted by Crippen LogP contribution is 2.34. The molecule has 0 spiro atoms. The molecule has 0 unspecified atom stereocenters. The number of aromatic nitrogens is 3. The average molecular weight is 444 g/mol. The summed E-state index contributed by atoms with van der Waals surface area (Å²) in [6.45, 7) is 9.67. The fourth-order valence-corrected chi connectivity index (χ4v) is 6.72. The minimum absolute atomic E-state index is 0.0537. The van der Waals surface area contributed by atoms with Crippen LogP contribution in [-0.4, -0.2) is 25.7 Å². The number of carbonyl (C=O) groups is 1. The van der Waals surface area contributed by atoms with Crippen LogP contribution in [0.25, 0.3) is 10.2 Å². The molecule has 0 radical (unpaired) electrons. The quantitative estimate of drug-likeness (QED) is 0.287. The van der Waals surface area contributed by atoms with Crippen molar-refractivity contribution in [3.05, 3.63) is 43.8 Å². The number of rotatable bonds is 7. The molecular formula is C23H29N3O2S2. The van der Waals surface area contributed by atoms with Crippen LogP contribution in [0, 0.1) is 13.8 Å². The van der Waals surface area contributed by atoms with Crippen molar-refractivity contribution in [1.82, 2.24) is 14.1 Å². The Bertz CT molecular complexity index is 1170. The molecule has 3 aromatic heterocycles. The van der Waals surface area contributed by atoms with Gasteiger partial charge in [0.25, 0.3) is 5.56 Å². The van der Waals surface area contributed by atoms with Gasteiger partial charge in [-0.25, -0.2) is 4.98 Å². The highest BCUT2D eigenvalue weighted by atomic mass is 32.2. The highest BCUT2D eigenvalue weighted by Gasteiger charge is 2.23. The van der Waals surface area contributed by atoms with E-state index in [4.69, 9.17) is 4.98 Å². The molecule has 0 atom stereocenters. The smallest absolute Gasteiger partial charge is 0.263 e. The van der Waals surface area contributed by atoms with Crippen LogP contribution in [0.4, 0.5) is 0 Å². The predicted octanol–water partition coefficient (Wildman–Crippen LogP) is 5.16. The minimum Gasteiger partial charge on any atom is -0.348 e. The van der Waals surface area contributed by atoms with Gasteiger partial charge in [0, 0.05) is 34.9 Å². The molecule has 0 aliphatic heterocycles. The maximum absolute atomic E-state index is 13.2. The van der Waals surface area contributed by atoms with E-state index in [0.29, 0.717) is 17.5 Å². The van der Waals surface area contributed by atoms with Gasteiger partial charge in [0.15, 0.2) is 10.9 Å². The van der Waals surface area contributed by atoms with E-state index in [1.165, 1.54) is 28.6 Å². The van der Waals surface area contributed by atoms with Crippen molar-refractivity contribution in [1.29, 1.82) is 0 Å². The molecule has 160 valence electrons. The van der Waals surface area contributed by atoms with E-state index in [1.54, 1.807) is 15.9 Å². The Balaban J connectivity index is 1.64. The number of fused-ring (bicyclic) bond motifs is 3. The van der Waals surface area contributed by atoms with E-state index in [1.807, 2.05) is 19.9 Å². The van der Waals surface area contributed by atoms with Crippen molar-refractivity contribution < 1.29 is 4.79 Å². The highest BCUT2D eigenvalue weighted by molar-refractivity contribution is 7.99. The summed E-state index contributed by atoms with van der Waals surface area (Å²) in [6, 6.07) is 1.99. The first kappa shape index (κ1) is 21.4. The third kappa shape index (κ3) is 3.66. The number of Topliss-reactive ketones (excluding diaryl/α,β-unsaturated/α-hetero) is 1. The molecule has 0 amide bonds. The standard InChI is InChI=1S/C23H29N3O2S2/c1-5-11-26-14(3)12-17(15(26)4)18(27)13-29-23-24-21-20(22(28)25(23)6-2)16-9-7-8-10-19(16)30-21/h12H,5-11,13H2,1-4H3. The summed E-state index contributed by atoms with van der Waals surface area (Å²) in [4.78, 5) is 33.2. The zero-order valence-electron chi connectivity index (χ0n) is 18.2.